The van der Waals surface area contributed by atoms with Crippen molar-refractivity contribution in [3.8, 4) is 0 Å². The molecule has 0 aromatic heterocycles. The maximum Gasteiger partial charge on any atom is 0.193 e. The second kappa shape index (κ2) is 8.67. The van der Waals surface area contributed by atoms with Gasteiger partial charge in [0, 0.05) is 32.1 Å². The maximum absolute atomic E-state index is 5.86. The number of rotatable bonds is 6. The lowest BCUT2D eigenvalue weighted by molar-refractivity contribution is 0.0907. The van der Waals surface area contributed by atoms with Crippen LogP contribution in [0.3, 0.4) is 0 Å². The lowest BCUT2D eigenvalue weighted by Crippen LogP contribution is -2.40. The molecule has 1 atom stereocenters. The molecule has 0 aliphatic carbocycles. The monoisotopic (exact) mass is 289 g/mol. The molecule has 21 heavy (non-hydrogen) atoms. The van der Waals surface area contributed by atoms with Crippen LogP contribution >= 0.6 is 0 Å². The summed E-state index contributed by atoms with van der Waals surface area (Å²) in [5, 5.41) is 3.36. The number of aliphatic imine (C=N–C) groups is 1. The van der Waals surface area contributed by atoms with Crippen LogP contribution in [0.25, 0.3) is 0 Å². The van der Waals surface area contributed by atoms with Gasteiger partial charge in [-0.05, 0) is 25.8 Å². The van der Waals surface area contributed by atoms with Gasteiger partial charge < -0.3 is 15.0 Å². The minimum absolute atomic E-state index is 0.606. The predicted molar refractivity (Wildman–Crippen MR) is 87.4 cm³/mol. The number of likely N-dealkylation sites (tertiary alicyclic amines) is 1. The molecule has 1 aliphatic heterocycles. The van der Waals surface area contributed by atoms with Crippen LogP contribution in [0.5, 0.6) is 0 Å². The third kappa shape index (κ3) is 5.05. The Bertz CT molecular complexity index is 433. The van der Waals surface area contributed by atoms with Gasteiger partial charge in [0.05, 0.1) is 13.2 Å². The fourth-order valence-electron chi connectivity index (χ4n) is 2.65. The molecular formula is C17H27N3O. The van der Waals surface area contributed by atoms with Gasteiger partial charge in [-0.15, -0.1) is 0 Å². The highest BCUT2D eigenvalue weighted by atomic mass is 16.5. The van der Waals surface area contributed by atoms with Crippen molar-refractivity contribution in [1.29, 1.82) is 0 Å². The zero-order valence-corrected chi connectivity index (χ0v) is 13.2. The molecule has 116 valence electrons. The van der Waals surface area contributed by atoms with Crippen molar-refractivity contribution in [2.45, 2.75) is 26.9 Å². The van der Waals surface area contributed by atoms with Gasteiger partial charge in [0.1, 0.15) is 0 Å². The Balaban J connectivity index is 1.73. The van der Waals surface area contributed by atoms with Crippen LogP contribution in [-0.4, -0.2) is 43.6 Å². The summed E-state index contributed by atoms with van der Waals surface area (Å²) in [6, 6.07) is 10.4. The van der Waals surface area contributed by atoms with Gasteiger partial charge in [0.15, 0.2) is 5.96 Å². The Kier molecular flexibility index (Phi) is 6.54. The van der Waals surface area contributed by atoms with Gasteiger partial charge in [-0.25, -0.2) is 0 Å². The van der Waals surface area contributed by atoms with Crippen molar-refractivity contribution in [3.05, 3.63) is 35.9 Å². The fourth-order valence-corrected chi connectivity index (χ4v) is 2.65. The van der Waals surface area contributed by atoms with Crippen LogP contribution in [0.4, 0.5) is 0 Å². The first kappa shape index (κ1) is 15.8. The smallest absolute Gasteiger partial charge is 0.193 e. The molecule has 4 nitrogen and oxygen atoms in total. The molecule has 1 fully saturated rings. The number of benzene rings is 1. The molecule has 0 radical (unpaired) electrons. The normalized spacial score (nSPS) is 19.0. The third-order valence-electron chi connectivity index (χ3n) is 3.69. The van der Waals surface area contributed by atoms with Crippen molar-refractivity contribution in [1.82, 2.24) is 10.2 Å². The number of hydrogen-bond acceptors (Lipinski definition) is 2. The zero-order chi connectivity index (χ0) is 14.9. The van der Waals surface area contributed by atoms with E-state index in [4.69, 9.17) is 4.74 Å². The summed E-state index contributed by atoms with van der Waals surface area (Å²) in [7, 11) is 0. The largest absolute Gasteiger partial charge is 0.376 e. The molecule has 1 aliphatic rings. The van der Waals surface area contributed by atoms with Gasteiger partial charge in [0.2, 0.25) is 0 Å². The minimum atomic E-state index is 0.606. The molecule has 0 spiro atoms. The average Bonchev–Trinajstić information content (AvgIpc) is 2.97. The minimum Gasteiger partial charge on any atom is -0.376 e. The van der Waals surface area contributed by atoms with E-state index in [9.17, 15) is 0 Å². The first-order valence-electron chi connectivity index (χ1n) is 7.98. The van der Waals surface area contributed by atoms with Crippen LogP contribution in [0, 0.1) is 5.92 Å². The molecule has 1 aromatic carbocycles. The molecular weight excluding hydrogens is 262 g/mol. The maximum atomic E-state index is 5.86. The summed E-state index contributed by atoms with van der Waals surface area (Å²) in [6.07, 6.45) is 1.18. The number of hydrogen-bond donors (Lipinski definition) is 1. The fraction of sp³-hybridized carbons (Fsp3) is 0.588. The number of nitrogens with zero attached hydrogens (tertiary/aromatic N) is 2. The average molecular weight is 289 g/mol. The van der Waals surface area contributed by atoms with Crippen molar-refractivity contribution in [2.24, 2.45) is 10.9 Å². The van der Waals surface area contributed by atoms with E-state index in [0.29, 0.717) is 12.5 Å². The van der Waals surface area contributed by atoms with E-state index in [-0.39, 0.29) is 0 Å². The molecule has 1 saturated heterocycles. The van der Waals surface area contributed by atoms with E-state index < -0.39 is 0 Å². The van der Waals surface area contributed by atoms with Crippen LogP contribution in [0.1, 0.15) is 25.8 Å². The summed E-state index contributed by atoms with van der Waals surface area (Å²) in [5.41, 5.74) is 1.24. The van der Waals surface area contributed by atoms with Crippen LogP contribution in [0.15, 0.2) is 35.3 Å². The molecule has 4 heteroatoms. The predicted octanol–water partition coefficient (Wildman–Crippen LogP) is 2.51. The van der Waals surface area contributed by atoms with E-state index in [0.717, 1.165) is 38.7 Å². The highest BCUT2D eigenvalue weighted by molar-refractivity contribution is 5.80. The summed E-state index contributed by atoms with van der Waals surface area (Å²) < 4.78 is 5.86. The molecule has 1 N–H and O–H groups in total. The first-order chi connectivity index (χ1) is 10.3. The van der Waals surface area contributed by atoms with Gasteiger partial charge in [-0.3, -0.25) is 4.99 Å². The quantitative estimate of drug-likeness (QED) is 0.646. The lowest BCUT2D eigenvalue weighted by atomic mass is 10.1. The Labute approximate surface area is 128 Å². The van der Waals surface area contributed by atoms with Crippen molar-refractivity contribution in [2.75, 3.05) is 32.8 Å². The second-order valence-electron chi connectivity index (χ2n) is 5.43. The van der Waals surface area contributed by atoms with Crippen LogP contribution in [0.2, 0.25) is 0 Å². The van der Waals surface area contributed by atoms with Crippen molar-refractivity contribution < 1.29 is 4.74 Å². The summed E-state index contributed by atoms with van der Waals surface area (Å²) in [5.74, 6) is 1.65. The summed E-state index contributed by atoms with van der Waals surface area (Å²) >= 11 is 0. The molecule has 0 saturated carbocycles. The zero-order valence-electron chi connectivity index (χ0n) is 13.2. The van der Waals surface area contributed by atoms with Crippen molar-refractivity contribution in [3.63, 3.8) is 0 Å². The van der Waals surface area contributed by atoms with Crippen LogP contribution < -0.4 is 5.32 Å². The number of nitrogens with one attached hydrogen (secondary N) is 1. The van der Waals surface area contributed by atoms with E-state index in [1.165, 1.54) is 12.0 Å². The standard InChI is InChI=1S/C17H27N3O/c1-3-18-17(19-4-2)20-11-10-16(12-20)14-21-13-15-8-6-5-7-9-15/h5-9,16H,3-4,10-14H2,1-2H3,(H,18,19). The number of guanidine groups is 1. The Morgan fingerprint density at radius 3 is 2.86 bits per heavy atom. The van der Waals surface area contributed by atoms with Gasteiger partial charge in [0.25, 0.3) is 0 Å². The topological polar surface area (TPSA) is 36.9 Å². The Hall–Kier alpha value is -1.55. The SMILES string of the molecule is CCN=C(NCC)N1CCC(COCc2ccccc2)C1. The van der Waals surface area contributed by atoms with Gasteiger partial charge >= 0.3 is 0 Å². The molecule has 2 rings (SSSR count). The highest BCUT2D eigenvalue weighted by Crippen LogP contribution is 2.17. The second-order valence-corrected chi connectivity index (χ2v) is 5.43. The van der Waals surface area contributed by atoms with Crippen LogP contribution in [-0.2, 0) is 11.3 Å². The van der Waals surface area contributed by atoms with Gasteiger partial charge in [-0.2, -0.15) is 0 Å². The number of ether oxygens (including phenoxy) is 1. The van der Waals surface area contributed by atoms with E-state index in [1.54, 1.807) is 0 Å². The first-order valence-corrected chi connectivity index (χ1v) is 7.98. The highest BCUT2D eigenvalue weighted by Gasteiger charge is 2.24. The lowest BCUT2D eigenvalue weighted by Gasteiger charge is -2.21. The Morgan fingerprint density at radius 2 is 2.14 bits per heavy atom. The van der Waals surface area contributed by atoms with Crippen molar-refractivity contribution >= 4 is 5.96 Å². The van der Waals surface area contributed by atoms with E-state index in [1.807, 2.05) is 6.07 Å². The summed E-state index contributed by atoms with van der Waals surface area (Å²) in [6.45, 7) is 9.59. The molecule has 0 amide bonds. The molecule has 1 heterocycles. The molecule has 1 aromatic rings. The van der Waals surface area contributed by atoms with Gasteiger partial charge in [-0.1, -0.05) is 30.3 Å². The third-order valence-corrected chi connectivity index (χ3v) is 3.69. The van der Waals surface area contributed by atoms with E-state index in [2.05, 4.69) is 53.3 Å². The Morgan fingerprint density at radius 1 is 1.33 bits per heavy atom. The van der Waals surface area contributed by atoms with E-state index >= 15 is 0 Å². The summed E-state index contributed by atoms with van der Waals surface area (Å²) in [4.78, 5) is 6.90. The molecule has 1 unspecified atom stereocenters. The molecule has 0 bridgehead atoms.